The average molecular weight is 369 g/mol. The standard InChI is InChI=1S/C20H20FN3O3/c1-13-9-16(26-2)7-8-17(13)22-20-23-19(25)18(27-3)12-24(20)11-14-5-4-6-15(21)10-14/h4-10,12H,11H2,1-3H3,(H,22,23,25). The van der Waals surface area contributed by atoms with Gasteiger partial charge in [0.2, 0.25) is 11.7 Å². The van der Waals surface area contributed by atoms with Gasteiger partial charge in [-0.15, -0.1) is 0 Å². The summed E-state index contributed by atoms with van der Waals surface area (Å²) in [5.74, 6) is 0.855. The monoisotopic (exact) mass is 369 g/mol. The number of anilines is 2. The van der Waals surface area contributed by atoms with Crippen LogP contribution in [0.1, 0.15) is 11.1 Å². The molecule has 0 amide bonds. The minimum absolute atomic E-state index is 0.114. The van der Waals surface area contributed by atoms with Crippen molar-refractivity contribution in [3.63, 3.8) is 0 Å². The number of hydrogen-bond donors (Lipinski definition) is 1. The second kappa shape index (κ2) is 7.90. The van der Waals surface area contributed by atoms with E-state index in [1.165, 1.54) is 19.2 Å². The third-order valence-corrected chi connectivity index (χ3v) is 4.11. The highest BCUT2D eigenvalue weighted by atomic mass is 19.1. The molecule has 0 aliphatic heterocycles. The van der Waals surface area contributed by atoms with Crippen molar-refractivity contribution in [1.82, 2.24) is 9.55 Å². The van der Waals surface area contributed by atoms with E-state index in [1.54, 1.807) is 30.0 Å². The predicted octanol–water partition coefficient (Wildman–Crippen LogP) is 3.50. The lowest BCUT2D eigenvalue weighted by Gasteiger charge is -2.16. The number of methoxy groups -OCH3 is 2. The van der Waals surface area contributed by atoms with Gasteiger partial charge >= 0.3 is 5.56 Å². The summed E-state index contributed by atoms with van der Waals surface area (Å²) in [6, 6.07) is 11.8. The summed E-state index contributed by atoms with van der Waals surface area (Å²) in [6.45, 7) is 2.24. The van der Waals surface area contributed by atoms with Gasteiger partial charge in [-0.2, -0.15) is 4.98 Å². The van der Waals surface area contributed by atoms with Crippen molar-refractivity contribution in [3.8, 4) is 11.5 Å². The molecule has 0 spiro atoms. The van der Waals surface area contributed by atoms with Gasteiger partial charge in [0.05, 0.1) is 27.0 Å². The highest BCUT2D eigenvalue weighted by Gasteiger charge is 2.11. The Morgan fingerprint density at radius 2 is 1.96 bits per heavy atom. The van der Waals surface area contributed by atoms with Gasteiger partial charge < -0.3 is 19.4 Å². The van der Waals surface area contributed by atoms with Gasteiger partial charge in [0.25, 0.3) is 0 Å². The van der Waals surface area contributed by atoms with Crippen LogP contribution in [0.2, 0.25) is 0 Å². The van der Waals surface area contributed by atoms with E-state index in [0.29, 0.717) is 12.5 Å². The van der Waals surface area contributed by atoms with Crippen LogP contribution in [0.4, 0.5) is 16.0 Å². The molecule has 6 nitrogen and oxygen atoms in total. The fraction of sp³-hybridized carbons (Fsp3) is 0.200. The van der Waals surface area contributed by atoms with Crippen LogP contribution < -0.4 is 20.3 Å². The molecule has 1 aromatic heterocycles. The van der Waals surface area contributed by atoms with Gasteiger partial charge in [-0.3, -0.25) is 4.79 Å². The Morgan fingerprint density at radius 3 is 2.63 bits per heavy atom. The Hall–Kier alpha value is -3.35. The lowest BCUT2D eigenvalue weighted by atomic mass is 10.2. The maximum atomic E-state index is 13.5. The minimum atomic E-state index is -0.485. The summed E-state index contributed by atoms with van der Waals surface area (Å²) in [5, 5.41) is 3.17. The smallest absolute Gasteiger partial charge is 0.316 e. The van der Waals surface area contributed by atoms with Crippen molar-refractivity contribution in [2.45, 2.75) is 13.5 Å². The molecule has 0 atom stereocenters. The molecule has 0 fully saturated rings. The largest absolute Gasteiger partial charge is 0.497 e. The zero-order chi connectivity index (χ0) is 19.4. The molecule has 0 saturated heterocycles. The molecule has 0 unspecified atom stereocenters. The molecular weight excluding hydrogens is 349 g/mol. The molecule has 2 aromatic carbocycles. The van der Waals surface area contributed by atoms with E-state index in [2.05, 4.69) is 10.3 Å². The molecule has 0 saturated carbocycles. The van der Waals surface area contributed by atoms with Crippen LogP contribution in [0.15, 0.2) is 53.5 Å². The molecule has 0 aliphatic carbocycles. The number of aryl methyl sites for hydroxylation is 1. The second-order valence-corrected chi connectivity index (χ2v) is 6.00. The van der Waals surface area contributed by atoms with Gasteiger partial charge in [-0.1, -0.05) is 12.1 Å². The van der Waals surface area contributed by atoms with Crippen molar-refractivity contribution >= 4 is 11.6 Å². The Balaban J connectivity index is 2.00. The van der Waals surface area contributed by atoms with E-state index in [-0.39, 0.29) is 11.6 Å². The normalized spacial score (nSPS) is 10.5. The van der Waals surface area contributed by atoms with E-state index in [0.717, 1.165) is 22.6 Å². The van der Waals surface area contributed by atoms with E-state index in [9.17, 15) is 9.18 Å². The molecule has 0 radical (unpaired) electrons. The maximum Gasteiger partial charge on any atom is 0.316 e. The second-order valence-electron chi connectivity index (χ2n) is 6.00. The predicted molar refractivity (Wildman–Crippen MR) is 102 cm³/mol. The van der Waals surface area contributed by atoms with Crippen molar-refractivity contribution in [1.29, 1.82) is 0 Å². The zero-order valence-electron chi connectivity index (χ0n) is 15.3. The molecule has 7 heteroatoms. The van der Waals surface area contributed by atoms with Crippen LogP contribution in [-0.4, -0.2) is 23.8 Å². The molecular formula is C20H20FN3O3. The van der Waals surface area contributed by atoms with E-state index < -0.39 is 5.56 Å². The number of benzene rings is 2. The first-order valence-corrected chi connectivity index (χ1v) is 8.31. The Kier molecular flexibility index (Phi) is 5.40. The Bertz CT molecular complexity index is 1020. The summed E-state index contributed by atoms with van der Waals surface area (Å²) in [5.41, 5.74) is 1.95. The van der Waals surface area contributed by atoms with Crippen LogP contribution in [0.5, 0.6) is 11.5 Å². The van der Waals surface area contributed by atoms with E-state index in [4.69, 9.17) is 9.47 Å². The maximum absolute atomic E-state index is 13.5. The third-order valence-electron chi connectivity index (χ3n) is 4.11. The molecule has 3 aromatic rings. The minimum Gasteiger partial charge on any atom is -0.497 e. The zero-order valence-corrected chi connectivity index (χ0v) is 15.3. The first-order chi connectivity index (χ1) is 13.0. The van der Waals surface area contributed by atoms with Crippen LogP contribution in [-0.2, 0) is 6.54 Å². The van der Waals surface area contributed by atoms with Gasteiger partial charge in [0.1, 0.15) is 11.6 Å². The molecule has 27 heavy (non-hydrogen) atoms. The first-order valence-electron chi connectivity index (χ1n) is 8.31. The number of ether oxygens (including phenoxy) is 2. The van der Waals surface area contributed by atoms with Crippen LogP contribution >= 0.6 is 0 Å². The third kappa shape index (κ3) is 4.25. The topological polar surface area (TPSA) is 65.4 Å². The molecule has 1 N–H and O–H groups in total. The van der Waals surface area contributed by atoms with Crippen LogP contribution in [0.25, 0.3) is 0 Å². The molecule has 0 bridgehead atoms. The highest BCUT2D eigenvalue weighted by molar-refractivity contribution is 5.60. The molecule has 1 heterocycles. The average Bonchev–Trinajstić information content (AvgIpc) is 2.65. The van der Waals surface area contributed by atoms with Gasteiger partial charge in [-0.05, 0) is 48.4 Å². The summed E-state index contributed by atoms with van der Waals surface area (Å²) in [4.78, 5) is 16.2. The lowest BCUT2D eigenvalue weighted by Crippen LogP contribution is -2.19. The fourth-order valence-corrected chi connectivity index (χ4v) is 2.69. The number of halogens is 1. The fourth-order valence-electron chi connectivity index (χ4n) is 2.69. The first kappa shape index (κ1) is 18.4. The SMILES string of the molecule is COc1ccc(Nc2nc(=O)c(OC)cn2Cc2cccc(F)c2)c(C)c1. The Labute approximate surface area is 156 Å². The van der Waals surface area contributed by atoms with Gasteiger partial charge in [0, 0.05) is 5.69 Å². The van der Waals surface area contributed by atoms with Crippen LogP contribution in [0, 0.1) is 12.7 Å². The number of nitrogens with zero attached hydrogens (tertiary/aromatic N) is 2. The molecule has 140 valence electrons. The van der Waals surface area contributed by atoms with E-state index >= 15 is 0 Å². The summed E-state index contributed by atoms with van der Waals surface area (Å²) in [6.07, 6.45) is 1.56. The van der Waals surface area contributed by atoms with Crippen LogP contribution in [0.3, 0.4) is 0 Å². The summed E-state index contributed by atoms with van der Waals surface area (Å²) in [7, 11) is 3.01. The molecule has 0 aliphatic rings. The van der Waals surface area contributed by atoms with Crippen molar-refractivity contribution in [2.24, 2.45) is 0 Å². The summed E-state index contributed by atoms with van der Waals surface area (Å²) < 4.78 is 25.5. The van der Waals surface area contributed by atoms with Crippen molar-refractivity contribution < 1.29 is 13.9 Å². The summed E-state index contributed by atoms with van der Waals surface area (Å²) >= 11 is 0. The Morgan fingerprint density at radius 1 is 1.15 bits per heavy atom. The highest BCUT2D eigenvalue weighted by Crippen LogP contribution is 2.24. The number of nitrogens with one attached hydrogen (secondary N) is 1. The number of rotatable bonds is 6. The number of hydrogen-bond acceptors (Lipinski definition) is 5. The van der Waals surface area contributed by atoms with Gasteiger partial charge in [-0.25, -0.2) is 4.39 Å². The molecule has 3 rings (SSSR count). The van der Waals surface area contributed by atoms with Crippen molar-refractivity contribution in [2.75, 3.05) is 19.5 Å². The van der Waals surface area contributed by atoms with E-state index in [1.807, 2.05) is 25.1 Å². The van der Waals surface area contributed by atoms with Crippen molar-refractivity contribution in [3.05, 3.63) is 76.0 Å². The lowest BCUT2D eigenvalue weighted by molar-refractivity contribution is 0.402. The quantitative estimate of drug-likeness (QED) is 0.720. The number of aromatic nitrogens is 2. The van der Waals surface area contributed by atoms with Gasteiger partial charge in [0.15, 0.2) is 0 Å².